The Balaban J connectivity index is 1.72. The van der Waals surface area contributed by atoms with Crippen LogP contribution in [0.25, 0.3) is 0 Å². The molecule has 1 heterocycles. The van der Waals surface area contributed by atoms with E-state index in [1.165, 1.54) is 0 Å². The van der Waals surface area contributed by atoms with Crippen LogP contribution in [-0.2, 0) is 4.79 Å². The Morgan fingerprint density at radius 3 is 2.74 bits per heavy atom. The van der Waals surface area contributed by atoms with Crippen LogP contribution in [0.2, 0.25) is 0 Å². The van der Waals surface area contributed by atoms with Crippen molar-refractivity contribution in [3.05, 3.63) is 42.5 Å². The van der Waals surface area contributed by atoms with Crippen LogP contribution in [0.5, 0.6) is 5.75 Å². The number of carboxylic acid groups (broad SMARTS) is 1. The van der Waals surface area contributed by atoms with Crippen LogP contribution in [0.4, 0.5) is 0 Å². The molecular weight excluding hydrogens is 294 g/mol. The molecule has 1 aliphatic heterocycles. The predicted molar refractivity (Wildman–Crippen MR) is 85.4 cm³/mol. The first-order valence-electron chi connectivity index (χ1n) is 7.93. The van der Waals surface area contributed by atoms with Gasteiger partial charge in [0.05, 0.1) is 5.41 Å². The number of fused-ring (bicyclic) bond motifs is 1. The molecule has 5 nitrogen and oxygen atoms in total. The number of hydrogen-bond donors (Lipinski definition) is 1. The molecule has 0 spiro atoms. The van der Waals surface area contributed by atoms with Gasteiger partial charge < -0.3 is 14.7 Å². The third kappa shape index (κ3) is 2.71. The van der Waals surface area contributed by atoms with Crippen LogP contribution in [0.15, 0.2) is 36.9 Å². The lowest BCUT2D eigenvalue weighted by molar-refractivity contribution is -0.149. The molecule has 1 amide bonds. The maximum atomic E-state index is 12.6. The van der Waals surface area contributed by atoms with Crippen LogP contribution in [0.3, 0.4) is 0 Å². The smallest absolute Gasteiger partial charge is 0.311 e. The molecule has 0 aromatic heterocycles. The average Bonchev–Trinajstić information content (AvgIpc) is 3.11. The standard InChI is InChI=1S/C18H21NO4/c1-2-10-23-15-7-5-13(6-8-15)16(20)19-11-14-4-3-9-18(14,12-19)17(21)22/h2,5-8,14H,1,3-4,9-12H2,(H,21,22)/t14-,18+/m0/s1. The summed E-state index contributed by atoms with van der Waals surface area (Å²) in [7, 11) is 0. The van der Waals surface area contributed by atoms with Gasteiger partial charge in [0.2, 0.25) is 0 Å². The van der Waals surface area contributed by atoms with Crippen molar-refractivity contribution in [1.82, 2.24) is 4.90 Å². The topological polar surface area (TPSA) is 66.8 Å². The van der Waals surface area contributed by atoms with E-state index in [2.05, 4.69) is 6.58 Å². The van der Waals surface area contributed by atoms with E-state index in [4.69, 9.17) is 4.74 Å². The molecule has 2 atom stereocenters. The summed E-state index contributed by atoms with van der Waals surface area (Å²) in [4.78, 5) is 26.0. The summed E-state index contributed by atoms with van der Waals surface area (Å²) in [5, 5.41) is 9.60. The van der Waals surface area contributed by atoms with Gasteiger partial charge in [0, 0.05) is 18.7 Å². The number of nitrogens with zero attached hydrogens (tertiary/aromatic N) is 1. The normalized spacial score (nSPS) is 25.9. The minimum absolute atomic E-state index is 0.0825. The quantitative estimate of drug-likeness (QED) is 0.848. The third-order valence-corrected chi connectivity index (χ3v) is 5.05. The van der Waals surface area contributed by atoms with Crippen LogP contribution >= 0.6 is 0 Å². The maximum Gasteiger partial charge on any atom is 0.311 e. The molecule has 0 unspecified atom stereocenters. The van der Waals surface area contributed by atoms with E-state index in [1.54, 1.807) is 35.2 Å². The van der Waals surface area contributed by atoms with Crippen molar-refractivity contribution in [2.75, 3.05) is 19.7 Å². The largest absolute Gasteiger partial charge is 0.490 e. The Morgan fingerprint density at radius 2 is 2.13 bits per heavy atom. The van der Waals surface area contributed by atoms with Gasteiger partial charge in [-0.15, -0.1) is 0 Å². The van der Waals surface area contributed by atoms with Gasteiger partial charge >= 0.3 is 5.97 Å². The highest BCUT2D eigenvalue weighted by atomic mass is 16.5. The molecule has 23 heavy (non-hydrogen) atoms. The first-order chi connectivity index (χ1) is 11.1. The number of carboxylic acids is 1. The van der Waals surface area contributed by atoms with Gasteiger partial charge in [0.25, 0.3) is 5.91 Å². The number of amides is 1. The monoisotopic (exact) mass is 315 g/mol. The number of aliphatic carboxylic acids is 1. The summed E-state index contributed by atoms with van der Waals surface area (Å²) in [6, 6.07) is 6.95. The first-order valence-corrected chi connectivity index (χ1v) is 7.93. The molecule has 0 bridgehead atoms. The molecule has 1 aromatic carbocycles. The molecule has 2 fully saturated rings. The van der Waals surface area contributed by atoms with Crippen molar-refractivity contribution in [3.8, 4) is 5.75 Å². The molecule has 3 rings (SSSR count). The third-order valence-electron chi connectivity index (χ3n) is 5.05. The van der Waals surface area contributed by atoms with Crippen LogP contribution in [0.1, 0.15) is 29.6 Å². The minimum Gasteiger partial charge on any atom is -0.490 e. The lowest BCUT2D eigenvalue weighted by atomic mass is 9.81. The van der Waals surface area contributed by atoms with Gasteiger partial charge in [0.1, 0.15) is 12.4 Å². The van der Waals surface area contributed by atoms with E-state index in [1.807, 2.05) is 0 Å². The highest BCUT2D eigenvalue weighted by Gasteiger charge is 2.55. The van der Waals surface area contributed by atoms with Crippen molar-refractivity contribution in [2.45, 2.75) is 19.3 Å². The van der Waals surface area contributed by atoms with Crippen LogP contribution < -0.4 is 4.74 Å². The number of benzene rings is 1. The van der Waals surface area contributed by atoms with E-state index < -0.39 is 11.4 Å². The van der Waals surface area contributed by atoms with E-state index in [9.17, 15) is 14.7 Å². The molecule has 1 saturated heterocycles. The van der Waals surface area contributed by atoms with Crippen molar-refractivity contribution >= 4 is 11.9 Å². The van der Waals surface area contributed by atoms with Gasteiger partial charge in [0.15, 0.2) is 0 Å². The van der Waals surface area contributed by atoms with E-state index in [-0.39, 0.29) is 11.8 Å². The number of ether oxygens (including phenoxy) is 1. The van der Waals surface area contributed by atoms with Gasteiger partial charge in [-0.3, -0.25) is 9.59 Å². The average molecular weight is 315 g/mol. The van der Waals surface area contributed by atoms with Crippen molar-refractivity contribution in [2.24, 2.45) is 11.3 Å². The summed E-state index contributed by atoms with van der Waals surface area (Å²) in [5.41, 5.74) is -0.167. The Morgan fingerprint density at radius 1 is 1.39 bits per heavy atom. The zero-order valence-electron chi connectivity index (χ0n) is 13.0. The van der Waals surface area contributed by atoms with E-state index >= 15 is 0 Å². The number of carbonyl (C=O) groups is 2. The fourth-order valence-corrected chi connectivity index (χ4v) is 3.83. The zero-order valence-corrected chi connectivity index (χ0v) is 13.0. The summed E-state index contributed by atoms with van der Waals surface area (Å²) in [6.45, 7) is 4.87. The predicted octanol–water partition coefficient (Wildman–Crippen LogP) is 2.58. The Hall–Kier alpha value is -2.30. The van der Waals surface area contributed by atoms with Crippen LogP contribution in [-0.4, -0.2) is 41.6 Å². The fraction of sp³-hybridized carbons (Fsp3) is 0.444. The van der Waals surface area contributed by atoms with Crippen LogP contribution in [0, 0.1) is 11.3 Å². The highest BCUT2D eigenvalue weighted by Crippen LogP contribution is 2.49. The number of likely N-dealkylation sites (tertiary alicyclic amines) is 1. The summed E-state index contributed by atoms with van der Waals surface area (Å²) < 4.78 is 5.40. The molecule has 122 valence electrons. The number of carbonyl (C=O) groups excluding carboxylic acids is 1. The van der Waals surface area contributed by atoms with E-state index in [0.29, 0.717) is 37.4 Å². The first kappa shape index (κ1) is 15.6. The molecule has 1 aliphatic carbocycles. The van der Waals surface area contributed by atoms with Gasteiger partial charge in [-0.25, -0.2) is 0 Å². The van der Waals surface area contributed by atoms with Crippen molar-refractivity contribution < 1.29 is 19.4 Å². The molecule has 1 saturated carbocycles. The molecule has 0 radical (unpaired) electrons. The fourth-order valence-electron chi connectivity index (χ4n) is 3.83. The molecular formula is C18H21NO4. The van der Waals surface area contributed by atoms with Gasteiger partial charge in [-0.05, 0) is 43.0 Å². The maximum absolute atomic E-state index is 12.6. The molecule has 1 aromatic rings. The second-order valence-corrected chi connectivity index (χ2v) is 6.36. The SMILES string of the molecule is C=CCOc1ccc(C(=O)N2C[C@@H]3CCC[C@@]3(C(=O)O)C2)cc1. The number of rotatable bonds is 5. The second kappa shape index (κ2) is 6.07. The summed E-state index contributed by atoms with van der Waals surface area (Å²) in [6.07, 6.45) is 4.16. The second-order valence-electron chi connectivity index (χ2n) is 6.36. The highest BCUT2D eigenvalue weighted by molar-refractivity contribution is 5.95. The van der Waals surface area contributed by atoms with E-state index in [0.717, 1.165) is 12.8 Å². The van der Waals surface area contributed by atoms with Gasteiger partial charge in [-0.1, -0.05) is 19.1 Å². The Labute approximate surface area is 135 Å². The lowest BCUT2D eigenvalue weighted by Crippen LogP contribution is -2.37. The summed E-state index contributed by atoms with van der Waals surface area (Å²) >= 11 is 0. The van der Waals surface area contributed by atoms with Crippen molar-refractivity contribution in [1.29, 1.82) is 0 Å². The number of hydrogen-bond acceptors (Lipinski definition) is 3. The molecule has 2 aliphatic rings. The Bertz CT molecular complexity index is 624. The Kier molecular flexibility index (Phi) is 4.11. The van der Waals surface area contributed by atoms with Crippen molar-refractivity contribution in [3.63, 3.8) is 0 Å². The minimum atomic E-state index is -0.761. The molecule has 1 N–H and O–H groups in total. The van der Waals surface area contributed by atoms with Gasteiger partial charge in [-0.2, -0.15) is 0 Å². The summed E-state index contributed by atoms with van der Waals surface area (Å²) in [5.74, 6) is -0.0975. The molecule has 5 heteroatoms. The lowest BCUT2D eigenvalue weighted by Gasteiger charge is -2.23. The zero-order chi connectivity index (χ0) is 16.4.